The van der Waals surface area contributed by atoms with Crippen LogP contribution in [-0.2, 0) is 11.2 Å². The number of hydrogen-bond acceptors (Lipinski definition) is 4. The lowest BCUT2D eigenvalue weighted by atomic mass is 10.2. The molecule has 0 bridgehead atoms. The highest BCUT2D eigenvalue weighted by molar-refractivity contribution is 7.14. The number of benzene rings is 1. The van der Waals surface area contributed by atoms with Gasteiger partial charge in [-0.2, -0.15) is 0 Å². The molecule has 0 radical (unpaired) electrons. The van der Waals surface area contributed by atoms with Crippen molar-refractivity contribution in [3.8, 4) is 5.75 Å². The van der Waals surface area contributed by atoms with E-state index in [0.29, 0.717) is 10.4 Å². The number of hydrogen-bond donors (Lipinski definition) is 2. The number of amides is 2. The first-order valence-corrected chi connectivity index (χ1v) is 8.47. The second kappa shape index (κ2) is 8.43. The Labute approximate surface area is 149 Å². The van der Waals surface area contributed by atoms with Crippen molar-refractivity contribution in [3.63, 3.8) is 0 Å². The number of rotatable bonds is 5. The summed E-state index contributed by atoms with van der Waals surface area (Å²) in [6.45, 7) is 3.97. The van der Waals surface area contributed by atoms with Gasteiger partial charge in [0.15, 0.2) is 11.6 Å². The molecule has 2 N–H and O–H groups in total. The molecule has 2 aromatic rings. The number of ether oxygens (including phenoxy) is 1. The monoisotopic (exact) mass is 362 g/mol. The molecular weight excluding hydrogens is 343 g/mol. The molecule has 2 rings (SSSR count). The molecule has 0 spiro atoms. The second-order valence-corrected chi connectivity index (χ2v) is 6.38. The van der Waals surface area contributed by atoms with Gasteiger partial charge in [-0.05, 0) is 48.7 Å². The van der Waals surface area contributed by atoms with E-state index in [1.807, 2.05) is 13.8 Å². The van der Waals surface area contributed by atoms with Crippen LogP contribution < -0.4 is 15.6 Å². The van der Waals surface area contributed by atoms with E-state index in [2.05, 4.69) is 10.9 Å². The van der Waals surface area contributed by atoms with Crippen molar-refractivity contribution >= 4 is 29.2 Å². The number of carbonyl (C=O) groups excluding carboxylic acids is 2. The fourth-order valence-electron chi connectivity index (χ4n) is 2.16. The average Bonchev–Trinajstić information content (AvgIpc) is 2.99. The van der Waals surface area contributed by atoms with Crippen LogP contribution in [0.25, 0.3) is 6.08 Å². The summed E-state index contributed by atoms with van der Waals surface area (Å²) < 4.78 is 18.4. The van der Waals surface area contributed by atoms with E-state index >= 15 is 0 Å². The second-order valence-electron chi connectivity index (χ2n) is 5.24. The largest absolute Gasteiger partial charge is 0.494 e. The molecule has 0 saturated heterocycles. The van der Waals surface area contributed by atoms with Crippen molar-refractivity contribution in [1.29, 1.82) is 0 Å². The number of nitrogens with one attached hydrogen (secondary N) is 2. The Bertz CT molecular complexity index is 815. The van der Waals surface area contributed by atoms with Gasteiger partial charge in [0.1, 0.15) is 0 Å². The highest BCUT2D eigenvalue weighted by Gasteiger charge is 2.11. The number of methoxy groups -OCH3 is 1. The average molecular weight is 362 g/mol. The van der Waals surface area contributed by atoms with E-state index < -0.39 is 11.7 Å². The summed E-state index contributed by atoms with van der Waals surface area (Å²) in [7, 11) is 1.38. The molecule has 132 valence electrons. The fraction of sp³-hybridized carbons (Fsp3) is 0.222. The van der Waals surface area contributed by atoms with Crippen LogP contribution in [-0.4, -0.2) is 18.9 Å². The quantitative estimate of drug-likeness (QED) is 0.634. The van der Waals surface area contributed by atoms with Gasteiger partial charge in [-0.3, -0.25) is 20.4 Å². The van der Waals surface area contributed by atoms with E-state index in [1.165, 1.54) is 42.7 Å². The number of carbonyl (C=O) groups is 2. The van der Waals surface area contributed by atoms with Crippen molar-refractivity contribution < 1.29 is 18.7 Å². The fourth-order valence-corrected chi connectivity index (χ4v) is 3.17. The molecule has 7 heteroatoms. The van der Waals surface area contributed by atoms with Gasteiger partial charge in [-0.25, -0.2) is 4.39 Å². The van der Waals surface area contributed by atoms with E-state index in [9.17, 15) is 14.0 Å². The smallest absolute Gasteiger partial charge is 0.279 e. The minimum Gasteiger partial charge on any atom is -0.494 e. The summed E-state index contributed by atoms with van der Waals surface area (Å²) in [6.07, 6.45) is 3.50. The third-order valence-corrected chi connectivity index (χ3v) is 4.85. The van der Waals surface area contributed by atoms with E-state index in [0.717, 1.165) is 16.9 Å². The van der Waals surface area contributed by atoms with Gasteiger partial charge in [0, 0.05) is 11.0 Å². The maximum atomic E-state index is 13.6. The Hall–Kier alpha value is -2.67. The van der Waals surface area contributed by atoms with Crippen LogP contribution in [0.2, 0.25) is 0 Å². The van der Waals surface area contributed by atoms with Crippen LogP contribution in [0.4, 0.5) is 4.39 Å². The van der Waals surface area contributed by atoms with Gasteiger partial charge < -0.3 is 4.74 Å². The molecule has 0 saturated carbocycles. The van der Waals surface area contributed by atoms with Crippen molar-refractivity contribution in [3.05, 3.63) is 57.0 Å². The minimum absolute atomic E-state index is 0.131. The molecular formula is C18H19FN2O3S. The first-order chi connectivity index (χ1) is 11.9. The predicted molar refractivity (Wildman–Crippen MR) is 96.0 cm³/mol. The van der Waals surface area contributed by atoms with Crippen molar-refractivity contribution in [2.75, 3.05) is 7.11 Å². The summed E-state index contributed by atoms with van der Waals surface area (Å²) in [5, 5.41) is 0. The Morgan fingerprint density at radius 1 is 1.28 bits per heavy atom. The van der Waals surface area contributed by atoms with Gasteiger partial charge in [-0.1, -0.05) is 13.0 Å². The summed E-state index contributed by atoms with van der Waals surface area (Å²) in [5.74, 6) is -1.27. The Balaban J connectivity index is 1.91. The van der Waals surface area contributed by atoms with Gasteiger partial charge >= 0.3 is 0 Å². The Morgan fingerprint density at radius 3 is 2.64 bits per heavy atom. The Kier molecular flexibility index (Phi) is 6.30. The van der Waals surface area contributed by atoms with E-state index in [1.54, 1.807) is 12.1 Å². The number of aryl methyl sites for hydroxylation is 2. The highest BCUT2D eigenvalue weighted by atomic mass is 32.1. The first kappa shape index (κ1) is 18.7. The molecule has 0 aliphatic rings. The number of thiophene rings is 1. The molecule has 1 aromatic carbocycles. The standard InChI is InChI=1S/C18H19FN2O3S/c1-4-15-11(2)9-16(25-15)18(23)21-20-17(22)8-6-12-5-7-14(24-3)13(19)10-12/h5-10H,4H2,1-3H3,(H,20,22)(H,21,23)/b8-6+. The molecule has 5 nitrogen and oxygen atoms in total. The molecule has 1 heterocycles. The third kappa shape index (κ3) is 4.90. The summed E-state index contributed by atoms with van der Waals surface area (Å²) >= 11 is 1.40. The van der Waals surface area contributed by atoms with Gasteiger partial charge in [0.05, 0.1) is 12.0 Å². The predicted octanol–water partition coefficient (Wildman–Crippen LogP) is 3.24. The van der Waals surface area contributed by atoms with Crippen molar-refractivity contribution in [2.24, 2.45) is 0 Å². The lowest BCUT2D eigenvalue weighted by Crippen LogP contribution is -2.40. The number of halogens is 1. The number of hydrazine groups is 1. The molecule has 1 aromatic heterocycles. The molecule has 0 unspecified atom stereocenters. The van der Waals surface area contributed by atoms with E-state index in [4.69, 9.17) is 4.74 Å². The van der Waals surface area contributed by atoms with Crippen LogP contribution in [0.1, 0.15) is 32.6 Å². The summed E-state index contributed by atoms with van der Waals surface area (Å²) in [6, 6.07) is 6.13. The van der Waals surface area contributed by atoms with Crippen LogP contribution in [0.3, 0.4) is 0 Å². The van der Waals surface area contributed by atoms with Gasteiger partial charge in [-0.15, -0.1) is 11.3 Å². The van der Waals surface area contributed by atoms with E-state index in [-0.39, 0.29) is 11.7 Å². The van der Waals surface area contributed by atoms with Gasteiger partial charge in [0.25, 0.3) is 11.8 Å². The maximum Gasteiger partial charge on any atom is 0.279 e. The molecule has 0 aliphatic carbocycles. The SMILES string of the molecule is CCc1sc(C(=O)NNC(=O)/C=C/c2ccc(OC)c(F)c2)cc1C. The highest BCUT2D eigenvalue weighted by Crippen LogP contribution is 2.22. The Morgan fingerprint density at radius 2 is 2.04 bits per heavy atom. The van der Waals surface area contributed by atoms with Crippen LogP contribution >= 0.6 is 11.3 Å². The molecule has 2 amide bonds. The molecule has 0 atom stereocenters. The van der Waals surface area contributed by atoms with Crippen LogP contribution in [0.15, 0.2) is 30.3 Å². The minimum atomic E-state index is -0.520. The first-order valence-electron chi connectivity index (χ1n) is 7.65. The zero-order chi connectivity index (χ0) is 18.4. The van der Waals surface area contributed by atoms with Crippen molar-refractivity contribution in [2.45, 2.75) is 20.3 Å². The topological polar surface area (TPSA) is 67.4 Å². The van der Waals surface area contributed by atoms with Crippen LogP contribution in [0.5, 0.6) is 5.75 Å². The molecule has 25 heavy (non-hydrogen) atoms. The molecule has 0 fully saturated rings. The van der Waals surface area contributed by atoms with Crippen molar-refractivity contribution in [1.82, 2.24) is 10.9 Å². The lowest BCUT2D eigenvalue weighted by Gasteiger charge is -2.04. The van der Waals surface area contributed by atoms with Crippen LogP contribution in [0, 0.1) is 12.7 Å². The lowest BCUT2D eigenvalue weighted by molar-refractivity contribution is -0.117. The van der Waals surface area contributed by atoms with Gasteiger partial charge in [0.2, 0.25) is 0 Å². The summed E-state index contributed by atoms with van der Waals surface area (Å²) in [4.78, 5) is 25.5. The maximum absolute atomic E-state index is 13.6. The third-order valence-electron chi connectivity index (χ3n) is 3.47. The zero-order valence-electron chi connectivity index (χ0n) is 14.2. The summed E-state index contributed by atoms with van der Waals surface area (Å²) in [5.41, 5.74) is 6.22. The zero-order valence-corrected chi connectivity index (χ0v) is 15.0. The molecule has 0 aliphatic heterocycles. The normalized spacial score (nSPS) is 10.7.